The van der Waals surface area contributed by atoms with Gasteiger partial charge in [-0.2, -0.15) is 0 Å². The number of hydrogen-bond donors (Lipinski definition) is 1. The van der Waals surface area contributed by atoms with Gasteiger partial charge in [0.05, 0.1) is 0 Å². The predicted octanol–water partition coefficient (Wildman–Crippen LogP) is 5.29. The van der Waals surface area contributed by atoms with Crippen molar-refractivity contribution in [1.82, 2.24) is 0 Å². The molecule has 0 aromatic heterocycles. The third-order valence-corrected chi connectivity index (χ3v) is 3.99. The largest absolute Gasteiger partial charge is 0.481 e. The number of ether oxygens (including phenoxy) is 1. The molecular formula is C20H18ClNO2. The minimum Gasteiger partial charge on any atom is -0.481 e. The van der Waals surface area contributed by atoms with Crippen molar-refractivity contribution in [2.24, 2.45) is 0 Å². The third kappa shape index (κ3) is 3.87. The second kappa shape index (κ2) is 7.37. The van der Waals surface area contributed by atoms with E-state index in [-0.39, 0.29) is 5.91 Å². The zero-order chi connectivity index (χ0) is 16.9. The fourth-order valence-electron chi connectivity index (χ4n) is 2.52. The Morgan fingerprint density at radius 2 is 1.83 bits per heavy atom. The molecule has 0 fully saturated rings. The number of benzene rings is 3. The van der Waals surface area contributed by atoms with Crippen LogP contribution in [0.25, 0.3) is 10.8 Å². The smallest absolute Gasteiger partial charge is 0.265 e. The number of anilines is 1. The van der Waals surface area contributed by atoms with E-state index in [2.05, 4.69) is 5.32 Å². The van der Waals surface area contributed by atoms with Crippen molar-refractivity contribution in [1.29, 1.82) is 0 Å². The van der Waals surface area contributed by atoms with Gasteiger partial charge in [-0.3, -0.25) is 4.79 Å². The Bertz CT molecular complexity index is 863. The first-order valence-electron chi connectivity index (χ1n) is 7.87. The molecule has 24 heavy (non-hydrogen) atoms. The Balaban J connectivity index is 1.74. The molecule has 0 radical (unpaired) electrons. The number of fused-ring (bicyclic) bond motifs is 1. The van der Waals surface area contributed by atoms with Crippen molar-refractivity contribution >= 4 is 34.0 Å². The molecule has 0 spiro atoms. The van der Waals surface area contributed by atoms with Crippen LogP contribution in [0.3, 0.4) is 0 Å². The number of rotatable bonds is 5. The van der Waals surface area contributed by atoms with Gasteiger partial charge in [-0.15, -0.1) is 0 Å². The molecule has 122 valence electrons. The summed E-state index contributed by atoms with van der Waals surface area (Å²) in [5, 5.41) is 5.65. The maximum Gasteiger partial charge on any atom is 0.265 e. The van der Waals surface area contributed by atoms with Crippen molar-refractivity contribution in [3.63, 3.8) is 0 Å². The summed E-state index contributed by atoms with van der Waals surface area (Å²) in [6.07, 6.45) is 0.00399. The minimum atomic E-state index is -0.565. The SMILES string of the molecule is CC[C@H](Oc1ccc2ccccc2c1)C(=O)Nc1cccc(Cl)c1. The van der Waals surface area contributed by atoms with Crippen molar-refractivity contribution in [3.05, 3.63) is 71.8 Å². The van der Waals surface area contributed by atoms with E-state index >= 15 is 0 Å². The van der Waals surface area contributed by atoms with Crippen LogP contribution in [-0.2, 0) is 4.79 Å². The van der Waals surface area contributed by atoms with Crippen LogP contribution in [0.1, 0.15) is 13.3 Å². The van der Waals surface area contributed by atoms with E-state index in [1.165, 1.54) is 0 Å². The van der Waals surface area contributed by atoms with E-state index in [1.807, 2.05) is 49.4 Å². The first-order valence-corrected chi connectivity index (χ1v) is 8.25. The van der Waals surface area contributed by atoms with Crippen LogP contribution in [0.4, 0.5) is 5.69 Å². The molecule has 0 saturated heterocycles. The molecule has 1 amide bonds. The standard InChI is InChI=1S/C20H18ClNO2/c1-2-19(20(23)22-17-9-5-8-16(21)13-17)24-18-11-10-14-6-3-4-7-15(14)12-18/h3-13,19H,2H2,1H3,(H,22,23)/t19-/m0/s1. The first kappa shape index (κ1) is 16.3. The lowest BCUT2D eigenvalue weighted by Gasteiger charge is -2.17. The molecule has 0 saturated carbocycles. The maximum absolute atomic E-state index is 12.4. The lowest BCUT2D eigenvalue weighted by Crippen LogP contribution is -2.32. The Labute approximate surface area is 146 Å². The van der Waals surface area contributed by atoms with Gasteiger partial charge in [0.2, 0.25) is 0 Å². The van der Waals surface area contributed by atoms with Crippen LogP contribution in [0.15, 0.2) is 66.7 Å². The number of halogens is 1. The van der Waals surface area contributed by atoms with E-state index in [0.29, 0.717) is 22.9 Å². The fourth-order valence-corrected chi connectivity index (χ4v) is 2.71. The van der Waals surface area contributed by atoms with Gasteiger partial charge in [0.25, 0.3) is 5.91 Å². The first-order chi connectivity index (χ1) is 11.7. The number of hydrogen-bond acceptors (Lipinski definition) is 2. The molecule has 3 aromatic carbocycles. The van der Waals surface area contributed by atoms with Gasteiger partial charge in [0, 0.05) is 10.7 Å². The molecule has 0 bridgehead atoms. The summed E-state index contributed by atoms with van der Waals surface area (Å²) in [5.41, 5.74) is 0.660. The Kier molecular flexibility index (Phi) is 5.02. The van der Waals surface area contributed by atoms with Gasteiger partial charge in [-0.05, 0) is 47.5 Å². The third-order valence-electron chi connectivity index (χ3n) is 3.75. The topological polar surface area (TPSA) is 38.3 Å². The second-order valence-electron chi connectivity index (χ2n) is 5.52. The molecule has 3 aromatic rings. The summed E-state index contributed by atoms with van der Waals surface area (Å²) in [4.78, 5) is 12.4. The highest BCUT2D eigenvalue weighted by molar-refractivity contribution is 6.30. The molecular weight excluding hydrogens is 322 g/mol. The zero-order valence-electron chi connectivity index (χ0n) is 13.3. The fraction of sp³-hybridized carbons (Fsp3) is 0.150. The molecule has 3 nitrogen and oxygen atoms in total. The second-order valence-corrected chi connectivity index (χ2v) is 5.96. The molecule has 3 rings (SSSR count). The number of carbonyl (C=O) groups is 1. The van der Waals surface area contributed by atoms with Crippen LogP contribution >= 0.6 is 11.6 Å². The number of carbonyl (C=O) groups excluding carboxylic acids is 1. The van der Waals surface area contributed by atoms with E-state index in [1.54, 1.807) is 24.3 Å². The van der Waals surface area contributed by atoms with Crippen LogP contribution < -0.4 is 10.1 Å². The lowest BCUT2D eigenvalue weighted by atomic mass is 10.1. The minimum absolute atomic E-state index is 0.187. The summed E-state index contributed by atoms with van der Waals surface area (Å²) in [6, 6.07) is 20.9. The molecule has 0 aliphatic heterocycles. The molecule has 4 heteroatoms. The van der Waals surface area contributed by atoms with E-state index in [9.17, 15) is 4.79 Å². The van der Waals surface area contributed by atoms with E-state index in [0.717, 1.165) is 10.8 Å². The van der Waals surface area contributed by atoms with Crippen LogP contribution in [0.5, 0.6) is 5.75 Å². The Morgan fingerprint density at radius 3 is 2.58 bits per heavy atom. The number of amides is 1. The van der Waals surface area contributed by atoms with Crippen molar-refractivity contribution in [2.45, 2.75) is 19.4 Å². The molecule has 1 N–H and O–H groups in total. The molecule has 0 aliphatic rings. The molecule has 0 unspecified atom stereocenters. The average molecular weight is 340 g/mol. The van der Waals surface area contributed by atoms with Crippen molar-refractivity contribution in [3.8, 4) is 5.75 Å². The predicted molar refractivity (Wildman–Crippen MR) is 98.7 cm³/mol. The molecule has 0 aliphatic carbocycles. The van der Waals surface area contributed by atoms with Gasteiger partial charge < -0.3 is 10.1 Å². The van der Waals surface area contributed by atoms with Crippen LogP contribution in [0, 0.1) is 0 Å². The van der Waals surface area contributed by atoms with Crippen molar-refractivity contribution in [2.75, 3.05) is 5.32 Å². The summed E-state index contributed by atoms with van der Waals surface area (Å²) >= 11 is 5.94. The highest BCUT2D eigenvalue weighted by Gasteiger charge is 2.18. The van der Waals surface area contributed by atoms with Gasteiger partial charge >= 0.3 is 0 Å². The van der Waals surface area contributed by atoms with E-state index in [4.69, 9.17) is 16.3 Å². The highest BCUT2D eigenvalue weighted by Crippen LogP contribution is 2.22. The van der Waals surface area contributed by atoms with Crippen molar-refractivity contribution < 1.29 is 9.53 Å². The molecule has 0 heterocycles. The summed E-state index contributed by atoms with van der Waals surface area (Å²) in [6.45, 7) is 1.92. The van der Waals surface area contributed by atoms with Crippen LogP contribution in [0.2, 0.25) is 5.02 Å². The summed E-state index contributed by atoms with van der Waals surface area (Å²) < 4.78 is 5.89. The monoisotopic (exact) mass is 339 g/mol. The number of nitrogens with one attached hydrogen (secondary N) is 1. The average Bonchev–Trinajstić information content (AvgIpc) is 2.59. The van der Waals surface area contributed by atoms with Gasteiger partial charge in [-0.25, -0.2) is 0 Å². The quantitative estimate of drug-likeness (QED) is 0.686. The highest BCUT2D eigenvalue weighted by atomic mass is 35.5. The van der Waals surface area contributed by atoms with Gasteiger partial charge in [0.1, 0.15) is 5.75 Å². The summed E-state index contributed by atoms with van der Waals surface area (Å²) in [7, 11) is 0. The van der Waals surface area contributed by atoms with Crippen LogP contribution in [-0.4, -0.2) is 12.0 Å². The molecule has 1 atom stereocenters. The Morgan fingerprint density at radius 1 is 1.04 bits per heavy atom. The van der Waals surface area contributed by atoms with Gasteiger partial charge in [0.15, 0.2) is 6.10 Å². The van der Waals surface area contributed by atoms with E-state index < -0.39 is 6.10 Å². The summed E-state index contributed by atoms with van der Waals surface area (Å²) in [5.74, 6) is 0.495. The maximum atomic E-state index is 12.4. The normalized spacial score (nSPS) is 11.9. The Hall–Kier alpha value is -2.52. The lowest BCUT2D eigenvalue weighted by molar-refractivity contribution is -0.122. The zero-order valence-corrected chi connectivity index (χ0v) is 14.1. The van der Waals surface area contributed by atoms with Gasteiger partial charge in [-0.1, -0.05) is 54.9 Å².